The van der Waals surface area contributed by atoms with Gasteiger partial charge in [0.25, 0.3) is 0 Å². The minimum Gasteiger partial charge on any atom is -0.395 e. The molecule has 1 saturated heterocycles. The minimum absolute atomic E-state index is 0.266. The molecule has 1 aromatic rings. The Morgan fingerprint density at radius 2 is 2.00 bits per heavy atom. The van der Waals surface area contributed by atoms with Crippen LogP contribution in [0.3, 0.4) is 0 Å². The van der Waals surface area contributed by atoms with Crippen LogP contribution in [0.15, 0.2) is 24.5 Å². The van der Waals surface area contributed by atoms with Crippen LogP contribution in [-0.2, 0) is 6.54 Å². The lowest BCUT2D eigenvalue weighted by Crippen LogP contribution is -2.32. The molecule has 0 aromatic carbocycles. The molecule has 1 aromatic heterocycles. The zero-order valence-corrected chi connectivity index (χ0v) is 10.3. The molecule has 0 amide bonds. The third-order valence-corrected chi connectivity index (χ3v) is 3.23. The summed E-state index contributed by atoms with van der Waals surface area (Å²) in [7, 11) is 0. The Labute approximate surface area is 103 Å². The van der Waals surface area contributed by atoms with Crippen LogP contribution in [0.1, 0.15) is 12.0 Å². The Morgan fingerprint density at radius 3 is 2.76 bits per heavy atom. The normalized spacial score (nSPS) is 19.1. The Hall–Kier alpha value is -0.970. The largest absolute Gasteiger partial charge is 0.395 e. The SMILES string of the molecule is OCCN1CCCN(Cc2cccnc2)CC1. The van der Waals surface area contributed by atoms with Gasteiger partial charge in [-0.15, -0.1) is 0 Å². The van der Waals surface area contributed by atoms with Crippen LogP contribution >= 0.6 is 0 Å². The molecule has 0 saturated carbocycles. The van der Waals surface area contributed by atoms with Crippen molar-refractivity contribution in [1.82, 2.24) is 14.8 Å². The number of nitrogens with zero attached hydrogens (tertiary/aromatic N) is 3. The molecule has 94 valence electrons. The fourth-order valence-corrected chi connectivity index (χ4v) is 2.30. The van der Waals surface area contributed by atoms with Crippen LogP contribution in [0.25, 0.3) is 0 Å². The summed E-state index contributed by atoms with van der Waals surface area (Å²) in [5, 5.41) is 8.95. The van der Waals surface area contributed by atoms with Gasteiger partial charge >= 0.3 is 0 Å². The maximum absolute atomic E-state index is 8.95. The zero-order valence-electron chi connectivity index (χ0n) is 10.3. The van der Waals surface area contributed by atoms with E-state index < -0.39 is 0 Å². The molecular weight excluding hydrogens is 214 g/mol. The van der Waals surface area contributed by atoms with E-state index in [0.717, 1.165) is 39.3 Å². The first-order valence-electron chi connectivity index (χ1n) is 6.33. The molecule has 1 N–H and O–H groups in total. The molecule has 0 aliphatic carbocycles. The molecule has 1 fully saturated rings. The van der Waals surface area contributed by atoms with Crippen molar-refractivity contribution in [3.8, 4) is 0 Å². The zero-order chi connectivity index (χ0) is 11.9. The fraction of sp³-hybridized carbons (Fsp3) is 0.615. The molecule has 0 unspecified atom stereocenters. The molecule has 0 spiro atoms. The second-order valence-corrected chi connectivity index (χ2v) is 4.56. The van der Waals surface area contributed by atoms with Crippen molar-refractivity contribution < 1.29 is 5.11 Å². The number of rotatable bonds is 4. The molecule has 0 atom stereocenters. The predicted molar refractivity (Wildman–Crippen MR) is 67.7 cm³/mol. The lowest BCUT2D eigenvalue weighted by atomic mass is 10.2. The van der Waals surface area contributed by atoms with Gasteiger partial charge < -0.3 is 5.11 Å². The van der Waals surface area contributed by atoms with Crippen molar-refractivity contribution in [3.63, 3.8) is 0 Å². The lowest BCUT2D eigenvalue weighted by molar-refractivity contribution is 0.196. The monoisotopic (exact) mass is 235 g/mol. The van der Waals surface area contributed by atoms with E-state index in [4.69, 9.17) is 5.11 Å². The fourth-order valence-electron chi connectivity index (χ4n) is 2.30. The summed E-state index contributed by atoms with van der Waals surface area (Å²) in [5.74, 6) is 0. The molecule has 2 heterocycles. The summed E-state index contributed by atoms with van der Waals surface area (Å²) in [6, 6.07) is 4.12. The highest BCUT2D eigenvalue weighted by molar-refractivity contribution is 5.08. The van der Waals surface area contributed by atoms with Crippen molar-refractivity contribution in [1.29, 1.82) is 0 Å². The first-order valence-corrected chi connectivity index (χ1v) is 6.33. The van der Waals surface area contributed by atoms with Crippen molar-refractivity contribution in [2.24, 2.45) is 0 Å². The highest BCUT2D eigenvalue weighted by Gasteiger charge is 2.14. The van der Waals surface area contributed by atoms with Gasteiger partial charge in [-0.2, -0.15) is 0 Å². The number of aliphatic hydroxyl groups is 1. The first-order chi connectivity index (χ1) is 8.38. The van der Waals surface area contributed by atoms with E-state index in [0.29, 0.717) is 0 Å². The van der Waals surface area contributed by atoms with E-state index in [-0.39, 0.29) is 6.61 Å². The van der Waals surface area contributed by atoms with E-state index in [1.54, 1.807) is 0 Å². The summed E-state index contributed by atoms with van der Waals surface area (Å²) >= 11 is 0. The highest BCUT2D eigenvalue weighted by Crippen LogP contribution is 2.07. The van der Waals surface area contributed by atoms with Gasteiger partial charge in [0.05, 0.1) is 6.61 Å². The van der Waals surface area contributed by atoms with Crippen molar-refractivity contribution in [2.45, 2.75) is 13.0 Å². The molecular formula is C13H21N3O. The van der Waals surface area contributed by atoms with Crippen LogP contribution < -0.4 is 0 Å². The topological polar surface area (TPSA) is 39.6 Å². The van der Waals surface area contributed by atoms with Crippen LogP contribution in [0.5, 0.6) is 0 Å². The number of β-amino-alcohol motifs (C(OH)–C–C–N with tert-alkyl or cyclic N) is 1. The summed E-state index contributed by atoms with van der Waals surface area (Å²) in [5.41, 5.74) is 1.28. The smallest absolute Gasteiger partial charge is 0.0558 e. The van der Waals surface area contributed by atoms with Gasteiger partial charge in [-0.25, -0.2) is 0 Å². The van der Waals surface area contributed by atoms with E-state index in [1.165, 1.54) is 12.0 Å². The molecule has 0 radical (unpaired) electrons. The van der Waals surface area contributed by atoms with Gasteiger partial charge in [0.1, 0.15) is 0 Å². The minimum atomic E-state index is 0.266. The van der Waals surface area contributed by atoms with Gasteiger partial charge in [0.15, 0.2) is 0 Å². The van der Waals surface area contributed by atoms with E-state index in [1.807, 2.05) is 18.5 Å². The van der Waals surface area contributed by atoms with Gasteiger partial charge in [-0.3, -0.25) is 14.8 Å². The molecule has 17 heavy (non-hydrogen) atoms. The van der Waals surface area contributed by atoms with E-state index in [9.17, 15) is 0 Å². The van der Waals surface area contributed by atoms with Crippen molar-refractivity contribution in [3.05, 3.63) is 30.1 Å². The third kappa shape index (κ3) is 4.07. The number of hydrogen-bond donors (Lipinski definition) is 1. The second kappa shape index (κ2) is 6.69. The summed E-state index contributed by atoms with van der Waals surface area (Å²) in [4.78, 5) is 8.95. The summed E-state index contributed by atoms with van der Waals surface area (Å²) in [6.45, 7) is 6.43. The highest BCUT2D eigenvalue weighted by atomic mass is 16.3. The lowest BCUT2D eigenvalue weighted by Gasteiger charge is -2.21. The Kier molecular flexibility index (Phi) is 4.91. The van der Waals surface area contributed by atoms with Crippen molar-refractivity contribution in [2.75, 3.05) is 39.3 Å². The molecule has 1 aliphatic heterocycles. The Morgan fingerprint density at radius 1 is 1.18 bits per heavy atom. The predicted octanol–water partition coefficient (Wildman–Crippen LogP) is 0.582. The average Bonchev–Trinajstić information content (AvgIpc) is 2.57. The molecule has 4 heteroatoms. The van der Waals surface area contributed by atoms with E-state index in [2.05, 4.69) is 20.9 Å². The first kappa shape index (κ1) is 12.5. The third-order valence-electron chi connectivity index (χ3n) is 3.23. The molecule has 1 aliphatic rings. The average molecular weight is 235 g/mol. The molecule has 2 rings (SSSR count). The summed E-state index contributed by atoms with van der Waals surface area (Å²) in [6.07, 6.45) is 4.94. The van der Waals surface area contributed by atoms with Gasteiger partial charge in [0.2, 0.25) is 0 Å². The van der Waals surface area contributed by atoms with Crippen LogP contribution in [0, 0.1) is 0 Å². The van der Waals surface area contributed by atoms with E-state index >= 15 is 0 Å². The van der Waals surface area contributed by atoms with Gasteiger partial charge in [-0.05, 0) is 31.1 Å². The molecule has 4 nitrogen and oxygen atoms in total. The summed E-state index contributed by atoms with van der Waals surface area (Å²) < 4.78 is 0. The number of pyridine rings is 1. The van der Waals surface area contributed by atoms with Crippen LogP contribution in [0.2, 0.25) is 0 Å². The standard InChI is InChI=1S/C13H21N3O/c17-10-9-15-5-2-6-16(8-7-15)12-13-3-1-4-14-11-13/h1,3-4,11,17H,2,5-10,12H2. The Bertz CT molecular complexity index is 318. The Balaban J connectivity index is 1.83. The van der Waals surface area contributed by atoms with Gasteiger partial charge in [0, 0.05) is 38.6 Å². The maximum Gasteiger partial charge on any atom is 0.0558 e. The second-order valence-electron chi connectivity index (χ2n) is 4.56. The maximum atomic E-state index is 8.95. The van der Waals surface area contributed by atoms with Crippen LogP contribution in [0.4, 0.5) is 0 Å². The van der Waals surface area contributed by atoms with Gasteiger partial charge in [-0.1, -0.05) is 6.07 Å². The quantitative estimate of drug-likeness (QED) is 0.829. The van der Waals surface area contributed by atoms with Crippen LogP contribution in [-0.4, -0.2) is 59.2 Å². The number of aromatic nitrogens is 1. The molecule has 0 bridgehead atoms. The number of aliphatic hydroxyl groups excluding tert-OH is 1. The number of hydrogen-bond acceptors (Lipinski definition) is 4. The van der Waals surface area contributed by atoms with Crippen molar-refractivity contribution >= 4 is 0 Å².